The predicted molar refractivity (Wildman–Crippen MR) is 73.7 cm³/mol. The van der Waals surface area contributed by atoms with E-state index < -0.39 is 4.92 Å². The van der Waals surface area contributed by atoms with E-state index in [1.165, 1.54) is 0 Å². The van der Waals surface area contributed by atoms with Gasteiger partial charge in [-0.2, -0.15) is 10.1 Å². The molecule has 0 aliphatic carbocycles. The Labute approximate surface area is 120 Å². The van der Waals surface area contributed by atoms with Crippen molar-refractivity contribution in [1.29, 1.82) is 0 Å². The summed E-state index contributed by atoms with van der Waals surface area (Å²) in [5.41, 5.74) is 2.60. The molecule has 2 heterocycles. The van der Waals surface area contributed by atoms with Gasteiger partial charge in [-0.1, -0.05) is 0 Å². The topological polar surface area (TPSA) is 98.8 Å². The van der Waals surface area contributed by atoms with Crippen LogP contribution >= 0.6 is 11.6 Å². The summed E-state index contributed by atoms with van der Waals surface area (Å²) in [6.07, 6.45) is 1.08. The fraction of sp³-hybridized carbons (Fsp3) is 0.364. The van der Waals surface area contributed by atoms with Crippen molar-refractivity contribution in [1.82, 2.24) is 19.7 Å². The Morgan fingerprint density at radius 1 is 1.50 bits per heavy atom. The third-order valence-corrected chi connectivity index (χ3v) is 3.21. The second kappa shape index (κ2) is 5.41. The Kier molecular flexibility index (Phi) is 3.84. The largest absolute Gasteiger partial charge is 0.360 e. The molecule has 8 nitrogen and oxygen atoms in total. The SMILES string of the molecule is Cc1nn(C)c(C)c1CNc1nc(Cl)ncc1[N+](=O)[O-]. The number of nitrogens with one attached hydrogen (secondary N) is 1. The van der Waals surface area contributed by atoms with Crippen molar-refractivity contribution in [2.24, 2.45) is 7.05 Å². The lowest BCUT2D eigenvalue weighted by atomic mass is 10.2. The van der Waals surface area contributed by atoms with Gasteiger partial charge in [-0.3, -0.25) is 14.8 Å². The molecule has 9 heteroatoms. The van der Waals surface area contributed by atoms with E-state index in [0.717, 1.165) is 23.1 Å². The minimum Gasteiger partial charge on any atom is -0.360 e. The van der Waals surface area contributed by atoms with E-state index in [4.69, 9.17) is 11.6 Å². The second-order valence-corrected chi connectivity index (χ2v) is 4.59. The molecule has 0 amide bonds. The van der Waals surface area contributed by atoms with E-state index >= 15 is 0 Å². The van der Waals surface area contributed by atoms with Gasteiger partial charge < -0.3 is 5.32 Å². The van der Waals surface area contributed by atoms with Gasteiger partial charge in [-0.25, -0.2) is 4.98 Å². The lowest BCUT2D eigenvalue weighted by Gasteiger charge is -2.06. The summed E-state index contributed by atoms with van der Waals surface area (Å²) < 4.78 is 1.76. The van der Waals surface area contributed by atoms with Crippen molar-refractivity contribution < 1.29 is 4.92 Å². The maximum Gasteiger partial charge on any atom is 0.329 e. The van der Waals surface area contributed by atoms with E-state index in [-0.39, 0.29) is 16.8 Å². The van der Waals surface area contributed by atoms with Gasteiger partial charge in [-0.15, -0.1) is 0 Å². The van der Waals surface area contributed by atoms with Gasteiger partial charge in [0.2, 0.25) is 11.1 Å². The molecule has 20 heavy (non-hydrogen) atoms. The van der Waals surface area contributed by atoms with Gasteiger partial charge in [0.25, 0.3) is 0 Å². The van der Waals surface area contributed by atoms with Crippen LogP contribution in [0.2, 0.25) is 5.28 Å². The van der Waals surface area contributed by atoms with Crippen LogP contribution in [0, 0.1) is 24.0 Å². The van der Waals surface area contributed by atoms with E-state index in [1.54, 1.807) is 4.68 Å². The van der Waals surface area contributed by atoms with Crippen LogP contribution in [-0.4, -0.2) is 24.7 Å². The molecule has 1 N–H and O–H groups in total. The number of anilines is 1. The van der Waals surface area contributed by atoms with Crippen molar-refractivity contribution in [2.75, 3.05) is 5.32 Å². The van der Waals surface area contributed by atoms with Gasteiger partial charge in [0, 0.05) is 24.8 Å². The third-order valence-electron chi connectivity index (χ3n) is 3.03. The molecule has 0 bridgehead atoms. The predicted octanol–water partition coefficient (Wildman–Crippen LogP) is 2.00. The number of nitro groups is 1. The smallest absolute Gasteiger partial charge is 0.329 e. The van der Waals surface area contributed by atoms with Crippen LogP contribution in [-0.2, 0) is 13.6 Å². The van der Waals surface area contributed by atoms with Crippen LogP contribution < -0.4 is 5.32 Å². The quantitative estimate of drug-likeness (QED) is 0.526. The average Bonchev–Trinajstić information content (AvgIpc) is 2.61. The van der Waals surface area contributed by atoms with E-state index in [1.807, 2.05) is 20.9 Å². The summed E-state index contributed by atoms with van der Waals surface area (Å²) in [6, 6.07) is 0. The van der Waals surface area contributed by atoms with Crippen LogP contribution in [0.15, 0.2) is 6.20 Å². The van der Waals surface area contributed by atoms with Gasteiger partial charge in [-0.05, 0) is 25.4 Å². The third kappa shape index (κ3) is 2.69. The number of nitrogens with zero attached hydrogens (tertiary/aromatic N) is 5. The molecule has 0 spiro atoms. The fourth-order valence-electron chi connectivity index (χ4n) is 1.86. The average molecular weight is 297 g/mol. The zero-order chi connectivity index (χ0) is 14.9. The van der Waals surface area contributed by atoms with Gasteiger partial charge in [0.15, 0.2) is 0 Å². The van der Waals surface area contributed by atoms with Crippen molar-refractivity contribution in [3.63, 3.8) is 0 Å². The van der Waals surface area contributed by atoms with Crippen molar-refractivity contribution >= 4 is 23.1 Å². The summed E-state index contributed by atoms with van der Waals surface area (Å²) in [4.78, 5) is 17.8. The number of hydrogen-bond acceptors (Lipinski definition) is 6. The minimum absolute atomic E-state index is 0.0438. The molecule has 0 atom stereocenters. The molecular weight excluding hydrogens is 284 g/mol. The minimum atomic E-state index is -0.554. The molecule has 106 valence electrons. The lowest BCUT2D eigenvalue weighted by molar-refractivity contribution is -0.384. The first-order valence-corrected chi connectivity index (χ1v) is 6.17. The van der Waals surface area contributed by atoms with Crippen LogP contribution in [0.25, 0.3) is 0 Å². The normalized spacial score (nSPS) is 10.6. The van der Waals surface area contributed by atoms with Crippen molar-refractivity contribution in [2.45, 2.75) is 20.4 Å². The number of halogens is 1. The van der Waals surface area contributed by atoms with Crippen LogP contribution in [0.4, 0.5) is 11.5 Å². The zero-order valence-electron chi connectivity index (χ0n) is 11.2. The highest BCUT2D eigenvalue weighted by atomic mass is 35.5. The highest BCUT2D eigenvalue weighted by Crippen LogP contribution is 2.23. The highest BCUT2D eigenvalue weighted by molar-refractivity contribution is 6.28. The second-order valence-electron chi connectivity index (χ2n) is 4.26. The molecule has 0 fully saturated rings. The van der Waals surface area contributed by atoms with Crippen LogP contribution in [0.5, 0.6) is 0 Å². The molecule has 0 aliphatic rings. The van der Waals surface area contributed by atoms with E-state index in [0.29, 0.717) is 6.54 Å². The van der Waals surface area contributed by atoms with Gasteiger partial charge in [0.05, 0.1) is 10.6 Å². The van der Waals surface area contributed by atoms with Crippen molar-refractivity contribution in [3.05, 3.63) is 38.5 Å². The lowest BCUT2D eigenvalue weighted by Crippen LogP contribution is -2.07. The fourth-order valence-corrected chi connectivity index (χ4v) is 2.00. The Hall–Kier alpha value is -2.22. The molecule has 2 aromatic heterocycles. The molecule has 0 unspecified atom stereocenters. The summed E-state index contributed by atoms with van der Waals surface area (Å²) in [7, 11) is 1.84. The number of aryl methyl sites for hydroxylation is 2. The Morgan fingerprint density at radius 2 is 2.20 bits per heavy atom. The van der Waals surface area contributed by atoms with Crippen LogP contribution in [0.1, 0.15) is 17.0 Å². The van der Waals surface area contributed by atoms with Crippen molar-refractivity contribution in [3.8, 4) is 0 Å². The maximum absolute atomic E-state index is 10.9. The molecule has 2 rings (SSSR count). The Bertz CT molecular complexity index is 669. The van der Waals surface area contributed by atoms with Crippen LogP contribution in [0.3, 0.4) is 0 Å². The van der Waals surface area contributed by atoms with Gasteiger partial charge in [0.1, 0.15) is 6.20 Å². The highest BCUT2D eigenvalue weighted by Gasteiger charge is 2.18. The first-order valence-electron chi connectivity index (χ1n) is 5.80. The first kappa shape index (κ1) is 14.2. The Morgan fingerprint density at radius 3 is 2.75 bits per heavy atom. The molecule has 0 saturated carbocycles. The van der Waals surface area contributed by atoms with Gasteiger partial charge >= 0.3 is 5.69 Å². The maximum atomic E-state index is 10.9. The monoisotopic (exact) mass is 296 g/mol. The molecular formula is C11H13ClN6O2. The number of aromatic nitrogens is 4. The molecule has 0 radical (unpaired) electrons. The molecule has 0 aliphatic heterocycles. The zero-order valence-corrected chi connectivity index (χ0v) is 12.0. The molecule has 0 aromatic carbocycles. The summed E-state index contributed by atoms with van der Waals surface area (Å²) >= 11 is 5.67. The summed E-state index contributed by atoms with van der Waals surface area (Å²) in [5, 5.41) is 18.1. The number of rotatable bonds is 4. The first-order chi connectivity index (χ1) is 9.40. The van der Waals surface area contributed by atoms with E-state index in [2.05, 4.69) is 20.4 Å². The molecule has 0 saturated heterocycles. The van der Waals surface area contributed by atoms with E-state index in [9.17, 15) is 10.1 Å². The summed E-state index contributed by atoms with van der Waals surface area (Å²) in [6.45, 7) is 4.18. The summed E-state index contributed by atoms with van der Waals surface area (Å²) in [5.74, 6) is 0.0950. The number of hydrogen-bond donors (Lipinski definition) is 1. The standard InChI is InChI=1S/C11H13ClN6O2/c1-6-8(7(2)17(3)16-6)4-13-10-9(18(19)20)5-14-11(12)15-10/h5H,4H2,1-3H3,(H,13,14,15). The Balaban J connectivity index is 2.27. The molecule has 2 aromatic rings.